The van der Waals surface area contributed by atoms with E-state index in [-0.39, 0.29) is 6.61 Å². The smallest absolute Gasteiger partial charge is 0.243 e. The van der Waals surface area contributed by atoms with Crippen LogP contribution < -0.4 is 16.8 Å². The molecule has 5 N–H and O–H groups in total. The van der Waals surface area contributed by atoms with Gasteiger partial charge in [-0.1, -0.05) is 0 Å². The fourth-order valence-electron chi connectivity index (χ4n) is 1.11. The first-order valence-corrected chi connectivity index (χ1v) is 4.79. The Labute approximate surface area is 93.2 Å². The SMILES string of the molecule is Cc1nc(N)cc(NCCOCC(N)=O)n1. The molecule has 88 valence electrons. The van der Waals surface area contributed by atoms with Crippen molar-refractivity contribution in [3.63, 3.8) is 0 Å². The van der Waals surface area contributed by atoms with Gasteiger partial charge in [-0.25, -0.2) is 9.97 Å². The van der Waals surface area contributed by atoms with Gasteiger partial charge in [-0.05, 0) is 6.92 Å². The predicted octanol–water partition coefficient (Wildman–Crippen LogP) is -0.719. The van der Waals surface area contributed by atoms with Crippen LogP contribution in [0.5, 0.6) is 0 Å². The van der Waals surface area contributed by atoms with Crippen molar-refractivity contribution in [3.05, 3.63) is 11.9 Å². The van der Waals surface area contributed by atoms with Crippen LogP contribution in [0.4, 0.5) is 11.6 Å². The highest BCUT2D eigenvalue weighted by atomic mass is 16.5. The van der Waals surface area contributed by atoms with Gasteiger partial charge in [-0.2, -0.15) is 0 Å². The van der Waals surface area contributed by atoms with Crippen LogP contribution in [-0.4, -0.2) is 35.6 Å². The number of aromatic nitrogens is 2. The predicted molar refractivity (Wildman–Crippen MR) is 59.7 cm³/mol. The van der Waals surface area contributed by atoms with Crippen molar-refractivity contribution in [1.82, 2.24) is 9.97 Å². The lowest BCUT2D eigenvalue weighted by atomic mass is 10.5. The Morgan fingerprint density at radius 1 is 1.56 bits per heavy atom. The number of carbonyl (C=O) groups is 1. The number of anilines is 2. The number of hydrogen-bond donors (Lipinski definition) is 3. The summed E-state index contributed by atoms with van der Waals surface area (Å²) in [6.45, 7) is 2.56. The summed E-state index contributed by atoms with van der Waals surface area (Å²) in [5.41, 5.74) is 10.5. The monoisotopic (exact) mass is 225 g/mol. The maximum Gasteiger partial charge on any atom is 0.243 e. The zero-order valence-electron chi connectivity index (χ0n) is 9.06. The lowest BCUT2D eigenvalue weighted by molar-refractivity contribution is -0.122. The van der Waals surface area contributed by atoms with Crippen LogP contribution in [0.25, 0.3) is 0 Å². The highest BCUT2D eigenvalue weighted by molar-refractivity contribution is 5.74. The Bertz CT molecular complexity index is 349. The Kier molecular flexibility index (Phi) is 4.46. The maximum absolute atomic E-state index is 10.4. The molecule has 0 saturated carbocycles. The third kappa shape index (κ3) is 4.56. The van der Waals surface area contributed by atoms with Crippen molar-refractivity contribution in [1.29, 1.82) is 0 Å². The number of rotatable bonds is 6. The Hall–Kier alpha value is -1.89. The van der Waals surface area contributed by atoms with Gasteiger partial charge in [0, 0.05) is 12.6 Å². The van der Waals surface area contributed by atoms with E-state index in [0.717, 1.165) is 0 Å². The zero-order valence-corrected chi connectivity index (χ0v) is 9.06. The minimum absolute atomic E-state index is 0.0768. The van der Waals surface area contributed by atoms with Crippen LogP contribution >= 0.6 is 0 Å². The molecule has 0 aromatic carbocycles. The van der Waals surface area contributed by atoms with Crippen molar-refractivity contribution in [3.8, 4) is 0 Å². The van der Waals surface area contributed by atoms with Crippen LogP contribution in [-0.2, 0) is 9.53 Å². The molecule has 0 spiro atoms. The number of nitrogens with one attached hydrogen (secondary N) is 1. The molecular weight excluding hydrogens is 210 g/mol. The van der Waals surface area contributed by atoms with Crippen molar-refractivity contribution >= 4 is 17.5 Å². The first kappa shape index (κ1) is 12.2. The van der Waals surface area contributed by atoms with E-state index in [4.69, 9.17) is 16.2 Å². The van der Waals surface area contributed by atoms with Crippen molar-refractivity contribution in [2.75, 3.05) is 30.8 Å². The Morgan fingerprint density at radius 2 is 2.31 bits per heavy atom. The van der Waals surface area contributed by atoms with Gasteiger partial charge >= 0.3 is 0 Å². The number of amides is 1. The van der Waals surface area contributed by atoms with Crippen LogP contribution in [0.1, 0.15) is 5.82 Å². The highest BCUT2D eigenvalue weighted by Crippen LogP contribution is 2.06. The van der Waals surface area contributed by atoms with Crippen molar-refractivity contribution < 1.29 is 9.53 Å². The number of carbonyl (C=O) groups excluding carboxylic acids is 1. The first-order valence-electron chi connectivity index (χ1n) is 4.79. The van der Waals surface area contributed by atoms with Gasteiger partial charge in [-0.15, -0.1) is 0 Å². The number of hydrogen-bond acceptors (Lipinski definition) is 6. The second-order valence-corrected chi connectivity index (χ2v) is 3.17. The third-order valence-corrected chi connectivity index (χ3v) is 1.65. The molecule has 0 aliphatic rings. The fourth-order valence-corrected chi connectivity index (χ4v) is 1.11. The molecule has 1 amide bonds. The minimum Gasteiger partial charge on any atom is -0.384 e. The maximum atomic E-state index is 10.4. The molecule has 0 aliphatic carbocycles. The number of primary amides is 1. The average molecular weight is 225 g/mol. The quantitative estimate of drug-likeness (QED) is 0.550. The largest absolute Gasteiger partial charge is 0.384 e. The van der Waals surface area contributed by atoms with E-state index < -0.39 is 5.91 Å². The van der Waals surface area contributed by atoms with E-state index in [1.807, 2.05) is 0 Å². The molecule has 0 radical (unpaired) electrons. The molecule has 7 heteroatoms. The molecule has 1 heterocycles. The lowest BCUT2D eigenvalue weighted by Gasteiger charge is -2.06. The molecule has 1 aromatic heterocycles. The zero-order chi connectivity index (χ0) is 12.0. The first-order chi connectivity index (χ1) is 7.58. The van der Waals surface area contributed by atoms with E-state index in [1.54, 1.807) is 13.0 Å². The summed E-state index contributed by atoms with van der Waals surface area (Å²) in [6, 6.07) is 1.63. The van der Waals surface area contributed by atoms with Gasteiger partial charge in [0.05, 0.1) is 6.61 Å². The van der Waals surface area contributed by atoms with Crippen LogP contribution in [0.2, 0.25) is 0 Å². The average Bonchev–Trinajstić information content (AvgIpc) is 2.15. The molecular formula is C9H15N5O2. The van der Waals surface area contributed by atoms with E-state index in [9.17, 15) is 4.79 Å². The van der Waals surface area contributed by atoms with Gasteiger partial charge in [0.1, 0.15) is 24.1 Å². The van der Waals surface area contributed by atoms with E-state index >= 15 is 0 Å². The fraction of sp³-hybridized carbons (Fsp3) is 0.444. The summed E-state index contributed by atoms with van der Waals surface area (Å²) >= 11 is 0. The normalized spacial score (nSPS) is 10.1. The molecule has 0 unspecified atom stereocenters. The van der Waals surface area contributed by atoms with Crippen LogP contribution in [0.3, 0.4) is 0 Å². The topological polar surface area (TPSA) is 116 Å². The number of aryl methyl sites for hydroxylation is 1. The van der Waals surface area contributed by atoms with E-state index in [2.05, 4.69) is 15.3 Å². The molecule has 7 nitrogen and oxygen atoms in total. The molecule has 0 bridgehead atoms. The number of nitrogens with zero attached hydrogens (tertiary/aromatic N) is 2. The lowest BCUT2D eigenvalue weighted by Crippen LogP contribution is -2.20. The van der Waals surface area contributed by atoms with Crippen LogP contribution in [0.15, 0.2) is 6.07 Å². The van der Waals surface area contributed by atoms with Gasteiger partial charge in [0.2, 0.25) is 5.91 Å². The molecule has 0 saturated heterocycles. The summed E-state index contributed by atoms with van der Waals surface area (Å²) in [7, 11) is 0. The number of nitrogens with two attached hydrogens (primary N) is 2. The van der Waals surface area contributed by atoms with Gasteiger partial charge in [0.25, 0.3) is 0 Å². The molecule has 16 heavy (non-hydrogen) atoms. The summed E-state index contributed by atoms with van der Waals surface area (Å²) in [4.78, 5) is 18.4. The molecule has 1 rings (SSSR count). The number of nitrogen functional groups attached to an aromatic ring is 1. The summed E-state index contributed by atoms with van der Waals surface area (Å²) in [6.07, 6.45) is 0. The standard InChI is InChI=1S/C9H15N5O2/c1-6-13-7(10)4-9(14-6)12-2-3-16-5-8(11)15/h4H,2-3,5H2,1H3,(H2,11,15)(H3,10,12,13,14). The Morgan fingerprint density at radius 3 is 2.94 bits per heavy atom. The van der Waals surface area contributed by atoms with E-state index in [1.165, 1.54) is 0 Å². The van der Waals surface area contributed by atoms with Crippen LogP contribution in [0, 0.1) is 6.92 Å². The van der Waals surface area contributed by atoms with Gasteiger partial charge < -0.3 is 21.5 Å². The summed E-state index contributed by atoms with van der Waals surface area (Å²) in [5.74, 6) is 1.16. The second-order valence-electron chi connectivity index (χ2n) is 3.17. The third-order valence-electron chi connectivity index (χ3n) is 1.65. The Balaban J connectivity index is 2.29. The van der Waals surface area contributed by atoms with Gasteiger partial charge in [-0.3, -0.25) is 4.79 Å². The van der Waals surface area contributed by atoms with Gasteiger partial charge in [0.15, 0.2) is 0 Å². The second kappa shape index (κ2) is 5.86. The van der Waals surface area contributed by atoms with Crippen molar-refractivity contribution in [2.24, 2.45) is 5.73 Å². The van der Waals surface area contributed by atoms with Crippen molar-refractivity contribution in [2.45, 2.75) is 6.92 Å². The summed E-state index contributed by atoms with van der Waals surface area (Å²) < 4.78 is 4.97. The highest BCUT2D eigenvalue weighted by Gasteiger charge is 1.98. The summed E-state index contributed by atoms with van der Waals surface area (Å²) in [5, 5.41) is 2.99. The molecule has 1 aromatic rings. The molecule has 0 fully saturated rings. The molecule has 0 aliphatic heterocycles. The van der Waals surface area contributed by atoms with E-state index in [0.29, 0.717) is 30.6 Å². The number of ether oxygens (including phenoxy) is 1. The molecule has 0 atom stereocenters. The minimum atomic E-state index is -0.484.